The Labute approximate surface area is 152 Å². The maximum absolute atomic E-state index is 13.2. The van der Waals surface area contributed by atoms with E-state index in [1.165, 1.54) is 11.0 Å². The van der Waals surface area contributed by atoms with Crippen molar-refractivity contribution < 1.29 is 23.0 Å². The van der Waals surface area contributed by atoms with E-state index in [2.05, 4.69) is 20.9 Å². The van der Waals surface area contributed by atoms with Crippen molar-refractivity contribution in [3.05, 3.63) is 27.5 Å². The van der Waals surface area contributed by atoms with Crippen molar-refractivity contribution >= 4 is 33.6 Å². The molecule has 9 heteroatoms. The SMILES string of the molecule is CCCCOC(=O)N1CC(c2cc(Cl)nc(Br)c2)OC(C(F)F)C1. The first-order valence-corrected chi connectivity index (χ1v) is 8.76. The first-order chi connectivity index (χ1) is 11.4. The monoisotopic (exact) mass is 426 g/mol. The van der Waals surface area contributed by atoms with Crippen LogP contribution < -0.4 is 0 Å². The van der Waals surface area contributed by atoms with Crippen LogP contribution >= 0.6 is 27.5 Å². The molecule has 1 aliphatic rings. The van der Waals surface area contributed by atoms with Crippen molar-refractivity contribution in [2.75, 3.05) is 19.7 Å². The van der Waals surface area contributed by atoms with Gasteiger partial charge in [0.2, 0.25) is 0 Å². The van der Waals surface area contributed by atoms with Crippen LogP contribution in [0.5, 0.6) is 0 Å². The Morgan fingerprint density at radius 1 is 1.54 bits per heavy atom. The van der Waals surface area contributed by atoms with Gasteiger partial charge in [-0.3, -0.25) is 0 Å². The molecule has 1 aliphatic heterocycles. The summed E-state index contributed by atoms with van der Waals surface area (Å²) in [5.41, 5.74) is 0.568. The lowest BCUT2D eigenvalue weighted by Gasteiger charge is -2.37. The number of carbonyl (C=O) groups is 1. The zero-order valence-corrected chi connectivity index (χ0v) is 15.4. The van der Waals surface area contributed by atoms with E-state index in [1.807, 2.05) is 6.92 Å². The summed E-state index contributed by atoms with van der Waals surface area (Å²) in [6.07, 6.45) is -3.82. The quantitative estimate of drug-likeness (QED) is 0.515. The molecule has 1 aromatic heterocycles. The predicted molar refractivity (Wildman–Crippen MR) is 88.4 cm³/mol. The average molecular weight is 428 g/mol. The summed E-state index contributed by atoms with van der Waals surface area (Å²) in [6.45, 7) is 2.14. The lowest BCUT2D eigenvalue weighted by molar-refractivity contribution is -0.138. The number of unbranched alkanes of at least 4 members (excludes halogenated alkanes) is 1. The Hall–Kier alpha value is -0.990. The molecule has 5 nitrogen and oxygen atoms in total. The number of hydrogen-bond donors (Lipinski definition) is 0. The van der Waals surface area contributed by atoms with Crippen LogP contribution in [0.4, 0.5) is 13.6 Å². The molecule has 0 saturated carbocycles. The van der Waals surface area contributed by atoms with E-state index in [4.69, 9.17) is 21.1 Å². The van der Waals surface area contributed by atoms with Crippen molar-refractivity contribution in [3.8, 4) is 0 Å². The largest absolute Gasteiger partial charge is 0.449 e. The number of amides is 1. The van der Waals surface area contributed by atoms with Gasteiger partial charge in [0.15, 0.2) is 0 Å². The van der Waals surface area contributed by atoms with E-state index < -0.39 is 24.7 Å². The highest BCUT2D eigenvalue weighted by Crippen LogP contribution is 2.30. The van der Waals surface area contributed by atoms with Crippen molar-refractivity contribution in [2.24, 2.45) is 0 Å². The van der Waals surface area contributed by atoms with Crippen LogP contribution in [0.2, 0.25) is 5.15 Å². The van der Waals surface area contributed by atoms with Gasteiger partial charge in [0.05, 0.1) is 19.7 Å². The Kier molecular flexibility index (Phi) is 7.18. The van der Waals surface area contributed by atoms with Crippen LogP contribution in [0.25, 0.3) is 0 Å². The van der Waals surface area contributed by atoms with Gasteiger partial charge < -0.3 is 14.4 Å². The molecule has 2 rings (SSSR count). The third-order valence-electron chi connectivity index (χ3n) is 3.55. The highest BCUT2D eigenvalue weighted by molar-refractivity contribution is 9.10. The second-order valence-corrected chi connectivity index (χ2v) is 6.62. The maximum atomic E-state index is 13.2. The van der Waals surface area contributed by atoms with Crippen LogP contribution in [-0.2, 0) is 9.47 Å². The van der Waals surface area contributed by atoms with Gasteiger partial charge >= 0.3 is 6.09 Å². The standard InChI is InChI=1S/C15H18BrClF2N2O3/c1-2-3-4-23-15(22)21-7-10(24-11(8-21)14(18)19)9-5-12(16)20-13(17)6-9/h5-6,10-11,14H,2-4,7-8H2,1H3. The highest BCUT2D eigenvalue weighted by atomic mass is 79.9. The van der Waals surface area contributed by atoms with E-state index in [-0.39, 0.29) is 24.8 Å². The number of ether oxygens (including phenoxy) is 2. The summed E-state index contributed by atoms with van der Waals surface area (Å²) in [7, 11) is 0. The van der Waals surface area contributed by atoms with Crippen LogP contribution in [-0.4, -0.2) is 48.2 Å². The Balaban J connectivity index is 2.14. The number of hydrogen-bond acceptors (Lipinski definition) is 4. The molecule has 1 fully saturated rings. The molecule has 0 aromatic carbocycles. The fraction of sp³-hybridized carbons (Fsp3) is 0.600. The van der Waals surface area contributed by atoms with Gasteiger partial charge in [-0.15, -0.1) is 0 Å². The second kappa shape index (κ2) is 8.92. The number of carbonyl (C=O) groups excluding carboxylic acids is 1. The van der Waals surface area contributed by atoms with Gasteiger partial charge in [-0.05, 0) is 40.0 Å². The smallest absolute Gasteiger partial charge is 0.409 e. The fourth-order valence-electron chi connectivity index (χ4n) is 2.33. The number of morpholine rings is 1. The minimum Gasteiger partial charge on any atom is -0.449 e. The number of nitrogens with zero attached hydrogens (tertiary/aromatic N) is 2. The Bertz CT molecular complexity index is 559. The number of aromatic nitrogens is 1. The van der Waals surface area contributed by atoms with Crippen molar-refractivity contribution in [1.82, 2.24) is 9.88 Å². The van der Waals surface area contributed by atoms with Crippen LogP contribution in [0, 0.1) is 0 Å². The first kappa shape index (κ1) is 19.3. The van der Waals surface area contributed by atoms with Crippen LogP contribution in [0.1, 0.15) is 31.4 Å². The topological polar surface area (TPSA) is 51.7 Å². The van der Waals surface area contributed by atoms with Crippen molar-refractivity contribution in [2.45, 2.75) is 38.4 Å². The summed E-state index contributed by atoms with van der Waals surface area (Å²) in [5.74, 6) is 0. The molecule has 1 amide bonds. The Morgan fingerprint density at radius 2 is 2.29 bits per heavy atom. The molecule has 1 aromatic rings. The van der Waals surface area contributed by atoms with Crippen LogP contribution in [0.3, 0.4) is 0 Å². The summed E-state index contributed by atoms with van der Waals surface area (Å²) in [6, 6.07) is 3.16. The molecule has 0 bridgehead atoms. The van der Waals surface area contributed by atoms with Gasteiger partial charge in [-0.2, -0.15) is 0 Å². The van der Waals surface area contributed by atoms with E-state index in [1.54, 1.807) is 6.07 Å². The maximum Gasteiger partial charge on any atom is 0.409 e. The van der Waals surface area contributed by atoms with Crippen molar-refractivity contribution in [1.29, 1.82) is 0 Å². The molecule has 1 saturated heterocycles. The van der Waals surface area contributed by atoms with E-state index in [0.717, 1.165) is 12.8 Å². The molecule has 0 spiro atoms. The molecule has 2 heterocycles. The minimum absolute atomic E-state index is 0.112. The van der Waals surface area contributed by atoms with Crippen LogP contribution in [0.15, 0.2) is 16.7 Å². The number of alkyl halides is 2. The first-order valence-electron chi connectivity index (χ1n) is 7.59. The van der Waals surface area contributed by atoms with Gasteiger partial charge in [0, 0.05) is 0 Å². The van der Waals surface area contributed by atoms with E-state index >= 15 is 0 Å². The average Bonchev–Trinajstić information content (AvgIpc) is 2.53. The van der Waals surface area contributed by atoms with E-state index in [0.29, 0.717) is 10.2 Å². The molecular weight excluding hydrogens is 410 g/mol. The second-order valence-electron chi connectivity index (χ2n) is 5.42. The summed E-state index contributed by atoms with van der Waals surface area (Å²) >= 11 is 9.11. The molecule has 0 aliphatic carbocycles. The molecule has 134 valence electrons. The highest BCUT2D eigenvalue weighted by Gasteiger charge is 2.37. The van der Waals surface area contributed by atoms with Gasteiger partial charge in [-0.25, -0.2) is 18.6 Å². The fourth-order valence-corrected chi connectivity index (χ4v) is 3.10. The molecule has 2 atom stereocenters. The van der Waals surface area contributed by atoms with E-state index in [9.17, 15) is 13.6 Å². The van der Waals surface area contributed by atoms with Crippen molar-refractivity contribution in [3.63, 3.8) is 0 Å². The molecule has 0 radical (unpaired) electrons. The van der Waals surface area contributed by atoms with Gasteiger partial charge in [-0.1, -0.05) is 24.9 Å². The Morgan fingerprint density at radius 3 is 2.92 bits per heavy atom. The molecule has 0 N–H and O–H groups in total. The normalized spacial score (nSPS) is 21.2. The molecule has 24 heavy (non-hydrogen) atoms. The zero-order chi connectivity index (χ0) is 17.7. The zero-order valence-electron chi connectivity index (χ0n) is 13.1. The third-order valence-corrected chi connectivity index (χ3v) is 4.15. The molecular formula is C15H18BrClF2N2O3. The van der Waals surface area contributed by atoms with Gasteiger partial charge in [0.1, 0.15) is 22.0 Å². The summed E-state index contributed by atoms with van der Waals surface area (Å²) in [4.78, 5) is 17.3. The lowest BCUT2D eigenvalue weighted by atomic mass is 10.1. The lowest BCUT2D eigenvalue weighted by Crippen LogP contribution is -2.49. The third kappa shape index (κ3) is 5.26. The van der Waals surface area contributed by atoms with Gasteiger partial charge in [0.25, 0.3) is 6.43 Å². The number of rotatable bonds is 5. The summed E-state index contributed by atoms with van der Waals surface area (Å²) in [5, 5.41) is 0.208. The summed E-state index contributed by atoms with van der Waals surface area (Å²) < 4.78 is 37.3. The number of halogens is 4. The number of pyridine rings is 1. The molecule has 2 unspecified atom stereocenters. The minimum atomic E-state index is -2.71. The predicted octanol–water partition coefficient (Wildman–Crippen LogP) is 4.44.